The highest BCUT2D eigenvalue weighted by Crippen LogP contribution is 2.25. The Kier molecular flexibility index (Phi) is 4.70. The number of carbonyl (C=O) groups is 1. The van der Waals surface area contributed by atoms with E-state index in [0.29, 0.717) is 25.4 Å². The Hall–Kier alpha value is -2.67. The summed E-state index contributed by atoms with van der Waals surface area (Å²) in [7, 11) is 0. The zero-order valence-electron chi connectivity index (χ0n) is 15.7. The van der Waals surface area contributed by atoms with Crippen LogP contribution in [0.25, 0.3) is 11.0 Å². The fourth-order valence-electron chi connectivity index (χ4n) is 3.76. The van der Waals surface area contributed by atoms with Gasteiger partial charge >= 0.3 is 5.97 Å². The van der Waals surface area contributed by atoms with Crippen LogP contribution in [-0.2, 0) is 30.8 Å². The van der Waals surface area contributed by atoms with E-state index in [9.17, 15) is 9.90 Å². The Morgan fingerprint density at radius 3 is 2.96 bits per heavy atom. The summed E-state index contributed by atoms with van der Waals surface area (Å²) in [5, 5.41) is 9.73. The number of aryl methyl sites for hydroxylation is 1. The summed E-state index contributed by atoms with van der Waals surface area (Å²) in [6.07, 6.45) is 3.12. The highest BCUT2D eigenvalue weighted by atomic mass is 16.4. The van der Waals surface area contributed by atoms with E-state index in [1.165, 1.54) is 0 Å². The van der Waals surface area contributed by atoms with E-state index in [-0.39, 0.29) is 0 Å². The minimum absolute atomic E-state index is 0.417. The average Bonchev–Trinajstić information content (AvgIpc) is 3.22. The third-order valence-electron chi connectivity index (χ3n) is 5.29. The lowest BCUT2D eigenvalue weighted by atomic mass is 10.0. The number of rotatable bonds is 6. The number of carboxylic acids is 1. The van der Waals surface area contributed by atoms with E-state index < -0.39 is 12.0 Å². The molecule has 7 nitrogen and oxygen atoms in total. The first-order valence-corrected chi connectivity index (χ1v) is 9.45. The summed E-state index contributed by atoms with van der Waals surface area (Å²) in [4.78, 5) is 26.1. The molecule has 4 rings (SSSR count). The van der Waals surface area contributed by atoms with Crippen LogP contribution in [0.3, 0.4) is 0 Å². The third kappa shape index (κ3) is 3.47. The Morgan fingerprint density at radius 1 is 1.37 bits per heavy atom. The van der Waals surface area contributed by atoms with Crippen LogP contribution in [0.4, 0.5) is 0 Å². The minimum atomic E-state index is -0.812. The molecule has 142 valence electrons. The van der Waals surface area contributed by atoms with Gasteiger partial charge in [0.15, 0.2) is 0 Å². The molecular formula is C20H25N5O2. The summed E-state index contributed by atoms with van der Waals surface area (Å²) < 4.78 is 2.25. The van der Waals surface area contributed by atoms with Crippen molar-refractivity contribution < 1.29 is 9.90 Å². The molecule has 1 unspecified atom stereocenters. The number of nitrogens with one attached hydrogen (secondary N) is 1. The van der Waals surface area contributed by atoms with Gasteiger partial charge in [-0.25, -0.2) is 9.97 Å². The second-order valence-corrected chi connectivity index (χ2v) is 7.64. The molecule has 0 spiro atoms. The Balaban J connectivity index is 1.67. The van der Waals surface area contributed by atoms with Gasteiger partial charge in [-0.1, -0.05) is 26.0 Å². The molecule has 7 heteroatoms. The van der Waals surface area contributed by atoms with Crippen molar-refractivity contribution in [1.29, 1.82) is 0 Å². The predicted molar refractivity (Wildman–Crippen MR) is 102 cm³/mol. The topological polar surface area (TPSA) is 87.0 Å². The van der Waals surface area contributed by atoms with Gasteiger partial charge < -0.3 is 14.7 Å². The summed E-state index contributed by atoms with van der Waals surface area (Å²) in [5.41, 5.74) is 3.92. The zero-order valence-corrected chi connectivity index (χ0v) is 15.7. The molecule has 3 aromatic rings. The van der Waals surface area contributed by atoms with E-state index in [4.69, 9.17) is 4.98 Å². The smallest absolute Gasteiger partial charge is 0.321 e. The van der Waals surface area contributed by atoms with Crippen LogP contribution in [0.5, 0.6) is 0 Å². The summed E-state index contributed by atoms with van der Waals surface area (Å²) in [6, 6.07) is 7.53. The number of aromatic amines is 1. The van der Waals surface area contributed by atoms with Crippen LogP contribution in [-0.4, -0.2) is 41.5 Å². The lowest BCUT2D eigenvalue weighted by molar-refractivity contribution is -0.144. The van der Waals surface area contributed by atoms with Crippen LogP contribution in [0.15, 0.2) is 30.6 Å². The Bertz CT molecular complexity index is 958. The maximum absolute atomic E-state index is 11.9. The van der Waals surface area contributed by atoms with Gasteiger partial charge in [-0.3, -0.25) is 9.69 Å². The molecule has 0 fully saturated rings. The number of aromatic nitrogens is 4. The lowest BCUT2D eigenvalue weighted by Gasteiger charge is -2.32. The SMILES string of the molecule is CC(C)CCn1c(CN2Cc3[nH]cnc3CC2C(=O)O)nc2ccccc21. The van der Waals surface area contributed by atoms with Crippen LogP contribution in [0.1, 0.15) is 37.5 Å². The molecule has 1 aromatic carbocycles. The number of aliphatic carboxylic acids is 1. The third-order valence-corrected chi connectivity index (χ3v) is 5.29. The number of imidazole rings is 2. The molecule has 0 aliphatic carbocycles. The first-order chi connectivity index (χ1) is 13.0. The normalized spacial score (nSPS) is 17.5. The quantitative estimate of drug-likeness (QED) is 0.700. The van der Waals surface area contributed by atoms with E-state index in [1.807, 2.05) is 23.1 Å². The van der Waals surface area contributed by atoms with Crippen molar-refractivity contribution in [3.63, 3.8) is 0 Å². The van der Waals surface area contributed by atoms with Gasteiger partial charge in [-0.2, -0.15) is 0 Å². The maximum Gasteiger partial charge on any atom is 0.321 e. The van der Waals surface area contributed by atoms with Crippen LogP contribution < -0.4 is 0 Å². The number of para-hydroxylation sites is 2. The first kappa shape index (κ1) is 17.7. The molecule has 1 aliphatic rings. The number of nitrogens with zero attached hydrogens (tertiary/aromatic N) is 4. The maximum atomic E-state index is 11.9. The van der Waals surface area contributed by atoms with Gasteiger partial charge in [0.2, 0.25) is 0 Å². The molecule has 0 bridgehead atoms. The van der Waals surface area contributed by atoms with Crippen molar-refractivity contribution in [2.24, 2.45) is 5.92 Å². The van der Waals surface area contributed by atoms with Crippen LogP contribution in [0, 0.1) is 5.92 Å². The van der Waals surface area contributed by atoms with Crippen LogP contribution >= 0.6 is 0 Å². The minimum Gasteiger partial charge on any atom is -0.480 e. The highest BCUT2D eigenvalue weighted by Gasteiger charge is 2.33. The number of hydrogen-bond acceptors (Lipinski definition) is 4. The summed E-state index contributed by atoms with van der Waals surface area (Å²) in [5.74, 6) is 0.702. The van der Waals surface area contributed by atoms with Gasteiger partial charge in [-0.05, 0) is 24.5 Å². The average molecular weight is 367 g/mol. The Morgan fingerprint density at radius 2 is 2.19 bits per heavy atom. The van der Waals surface area contributed by atoms with Crippen molar-refractivity contribution in [2.75, 3.05) is 0 Å². The van der Waals surface area contributed by atoms with Crippen molar-refractivity contribution >= 4 is 17.0 Å². The van der Waals surface area contributed by atoms with E-state index in [2.05, 4.69) is 34.4 Å². The van der Waals surface area contributed by atoms with Crippen molar-refractivity contribution in [2.45, 2.75) is 52.4 Å². The molecule has 0 radical (unpaired) electrons. The summed E-state index contributed by atoms with van der Waals surface area (Å²) >= 11 is 0. The fraction of sp³-hybridized carbons (Fsp3) is 0.450. The second kappa shape index (κ2) is 7.15. The van der Waals surface area contributed by atoms with Crippen molar-refractivity contribution in [3.05, 3.63) is 47.8 Å². The number of benzene rings is 1. The molecule has 0 saturated carbocycles. The molecule has 2 aromatic heterocycles. The molecule has 27 heavy (non-hydrogen) atoms. The van der Waals surface area contributed by atoms with E-state index >= 15 is 0 Å². The zero-order chi connectivity index (χ0) is 19.0. The van der Waals surface area contributed by atoms with Crippen molar-refractivity contribution in [3.8, 4) is 0 Å². The van der Waals surface area contributed by atoms with Gasteiger partial charge in [0.1, 0.15) is 11.9 Å². The molecule has 3 heterocycles. The molecule has 0 saturated heterocycles. The highest BCUT2D eigenvalue weighted by molar-refractivity contribution is 5.76. The molecular weight excluding hydrogens is 342 g/mol. The molecule has 1 aliphatic heterocycles. The first-order valence-electron chi connectivity index (χ1n) is 9.45. The largest absolute Gasteiger partial charge is 0.480 e. The van der Waals surface area contributed by atoms with E-state index in [0.717, 1.165) is 41.2 Å². The lowest BCUT2D eigenvalue weighted by Crippen LogP contribution is -2.45. The van der Waals surface area contributed by atoms with E-state index in [1.54, 1.807) is 6.33 Å². The number of carboxylic acid groups (broad SMARTS) is 1. The number of fused-ring (bicyclic) bond motifs is 2. The molecule has 2 N–H and O–H groups in total. The molecule has 1 atom stereocenters. The number of hydrogen-bond donors (Lipinski definition) is 2. The Labute approximate surface area is 158 Å². The van der Waals surface area contributed by atoms with Crippen LogP contribution in [0.2, 0.25) is 0 Å². The standard InChI is InChI=1S/C20H25N5O2/c1-13(2)7-8-25-17-6-4-3-5-14(17)23-19(25)11-24-10-16-15(21-12-22-16)9-18(24)20(26)27/h3-6,12-13,18H,7-11H2,1-2H3,(H,21,22)(H,26,27). The number of H-pyrrole nitrogens is 1. The second-order valence-electron chi connectivity index (χ2n) is 7.64. The molecule has 0 amide bonds. The van der Waals surface area contributed by atoms with Gasteiger partial charge in [-0.15, -0.1) is 0 Å². The van der Waals surface area contributed by atoms with Crippen molar-refractivity contribution in [1.82, 2.24) is 24.4 Å². The van der Waals surface area contributed by atoms with Gasteiger partial charge in [0, 0.05) is 19.5 Å². The summed E-state index contributed by atoms with van der Waals surface area (Å²) in [6.45, 7) is 6.35. The van der Waals surface area contributed by atoms with Gasteiger partial charge in [0.05, 0.1) is 35.3 Å². The monoisotopic (exact) mass is 367 g/mol. The predicted octanol–water partition coefficient (Wildman–Crippen LogP) is 2.82. The van der Waals surface area contributed by atoms with Gasteiger partial charge in [0.25, 0.3) is 0 Å². The fourth-order valence-corrected chi connectivity index (χ4v) is 3.76.